The first-order chi connectivity index (χ1) is 12.7. The van der Waals surface area contributed by atoms with Crippen LogP contribution in [-0.4, -0.2) is 33.7 Å². The van der Waals surface area contributed by atoms with Crippen molar-refractivity contribution >= 4 is 27.3 Å². The van der Waals surface area contributed by atoms with Crippen molar-refractivity contribution in [1.82, 2.24) is 0 Å². The average Bonchev–Trinajstić information content (AvgIpc) is 2.57. The van der Waals surface area contributed by atoms with Gasteiger partial charge in [0.25, 0.3) is 0 Å². The number of sulfonamides is 1. The van der Waals surface area contributed by atoms with E-state index in [1.165, 1.54) is 7.11 Å². The van der Waals surface area contributed by atoms with Gasteiger partial charge in [0.2, 0.25) is 15.9 Å². The summed E-state index contributed by atoms with van der Waals surface area (Å²) in [4.78, 5) is 12.9. The third-order valence-corrected chi connectivity index (χ3v) is 5.31. The van der Waals surface area contributed by atoms with Gasteiger partial charge in [-0.05, 0) is 55.7 Å². The molecular weight excluding hydrogens is 364 g/mol. The van der Waals surface area contributed by atoms with Crippen molar-refractivity contribution in [2.75, 3.05) is 23.0 Å². The second-order valence-electron chi connectivity index (χ2n) is 6.55. The van der Waals surface area contributed by atoms with Crippen molar-refractivity contribution in [3.63, 3.8) is 0 Å². The molecule has 0 radical (unpaired) electrons. The van der Waals surface area contributed by atoms with Crippen LogP contribution in [0, 0.1) is 13.8 Å². The van der Waals surface area contributed by atoms with Crippen molar-refractivity contribution in [2.24, 2.45) is 0 Å². The van der Waals surface area contributed by atoms with Gasteiger partial charge in [0, 0.05) is 11.8 Å². The molecule has 7 heteroatoms. The van der Waals surface area contributed by atoms with Gasteiger partial charge in [-0.1, -0.05) is 19.1 Å². The summed E-state index contributed by atoms with van der Waals surface area (Å²) in [6, 6.07) is 11.5. The van der Waals surface area contributed by atoms with Crippen LogP contribution in [0.3, 0.4) is 0 Å². The summed E-state index contributed by atoms with van der Waals surface area (Å²) in [5.74, 6) is 0.140. The van der Waals surface area contributed by atoms with E-state index < -0.39 is 16.1 Å². The van der Waals surface area contributed by atoms with E-state index in [0.29, 0.717) is 23.5 Å². The zero-order chi connectivity index (χ0) is 20.2. The normalized spacial score (nSPS) is 12.3. The Morgan fingerprint density at radius 3 is 2.30 bits per heavy atom. The molecule has 0 spiro atoms. The molecule has 146 valence electrons. The highest BCUT2D eigenvalue weighted by Crippen LogP contribution is 2.27. The molecule has 0 aromatic heterocycles. The second-order valence-corrected chi connectivity index (χ2v) is 8.41. The number of amides is 1. The molecule has 1 atom stereocenters. The molecule has 0 heterocycles. The van der Waals surface area contributed by atoms with Crippen LogP contribution in [0.4, 0.5) is 11.4 Å². The fraction of sp³-hybridized carbons (Fsp3) is 0.350. The molecule has 2 aromatic rings. The first kappa shape index (κ1) is 20.8. The lowest BCUT2D eigenvalue weighted by Crippen LogP contribution is -2.47. The van der Waals surface area contributed by atoms with Gasteiger partial charge in [0.05, 0.1) is 19.1 Å². The maximum atomic E-state index is 12.9. The van der Waals surface area contributed by atoms with E-state index in [0.717, 1.165) is 21.7 Å². The Morgan fingerprint density at radius 1 is 1.15 bits per heavy atom. The fourth-order valence-electron chi connectivity index (χ4n) is 3.08. The molecule has 6 nitrogen and oxygen atoms in total. The van der Waals surface area contributed by atoms with Crippen molar-refractivity contribution in [3.8, 4) is 5.75 Å². The summed E-state index contributed by atoms with van der Waals surface area (Å²) < 4.78 is 31.3. The molecule has 0 bridgehead atoms. The Morgan fingerprint density at radius 2 is 1.78 bits per heavy atom. The minimum atomic E-state index is -3.69. The van der Waals surface area contributed by atoms with E-state index in [2.05, 4.69) is 5.32 Å². The molecule has 0 aliphatic carbocycles. The van der Waals surface area contributed by atoms with Crippen LogP contribution in [0.15, 0.2) is 42.5 Å². The summed E-state index contributed by atoms with van der Waals surface area (Å²) in [7, 11) is -2.18. The summed E-state index contributed by atoms with van der Waals surface area (Å²) in [6.07, 6.45) is 1.42. The quantitative estimate of drug-likeness (QED) is 0.785. The van der Waals surface area contributed by atoms with Crippen molar-refractivity contribution in [2.45, 2.75) is 33.2 Å². The maximum Gasteiger partial charge on any atom is 0.248 e. The van der Waals surface area contributed by atoms with Crippen LogP contribution in [0.1, 0.15) is 24.5 Å². The van der Waals surface area contributed by atoms with Gasteiger partial charge in [-0.2, -0.15) is 0 Å². The van der Waals surface area contributed by atoms with Crippen molar-refractivity contribution in [1.29, 1.82) is 0 Å². The van der Waals surface area contributed by atoms with Crippen LogP contribution in [0.5, 0.6) is 5.75 Å². The van der Waals surface area contributed by atoms with E-state index in [-0.39, 0.29) is 5.91 Å². The zero-order valence-corrected chi connectivity index (χ0v) is 17.1. The van der Waals surface area contributed by atoms with E-state index in [9.17, 15) is 13.2 Å². The van der Waals surface area contributed by atoms with Crippen LogP contribution in [0.25, 0.3) is 0 Å². The molecule has 0 aliphatic rings. The highest BCUT2D eigenvalue weighted by molar-refractivity contribution is 7.92. The van der Waals surface area contributed by atoms with Gasteiger partial charge >= 0.3 is 0 Å². The summed E-state index contributed by atoms with van der Waals surface area (Å²) in [5.41, 5.74) is 3.08. The summed E-state index contributed by atoms with van der Waals surface area (Å²) in [5, 5.41) is 2.85. The fourth-order valence-corrected chi connectivity index (χ4v) is 4.28. The molecule has 0 aliphatic heterocycles. The highest BCUT2D eigenvalue weighted by Gasteiger charge is 2.31. The minimum absolute atomic E-state index is 0.320. The van der Waals surface area contributed by atoms with E-state index in [1.807, 2.05) is 32.0 Å². The number of rotatable bonds is 7. The number of hydrogen-bond donors (Lipinski definition) is 1. The van der Waals surface area contributed by atoms with Crippen molar-refractivity contribution in [3.05, 3.63) is 53.6 Å². The first-order valence-electron chi connectivity index (χ1n) is 8.68. The molecule has 0 saturated heterocycles. The van der Waals surface area contributed by atoms with Gasteiger partial charge in [-0.3, -0.25) is 9.10 Å². The standard InChI is InChI=1S/C20H26N2O4S/c1-6-19(20(23)21-16-11-14(2)10-15(3)12-16)22(27(5,24)25)17-8-7-9-18(13-17)26-4/h7-13,19H,6H2,1-5H3,(H,21,23). The summed E-state index contributed by atoms with van der Waals surface area (Å²) in [6.45, 7) is 5.67. The average molecular weight is 391 g/mol. The van der Waals surface area contributed by atoms with Gasteiger partial charge in [0.15, 0.2) is 0 Å². The zero-order valence-electron chi connectivity index (χ0n) is 16.3. The van der Waals surface area contributed by atoms with Crippen LogP contribution >= 0.6 is 0 Å². The Kier molecular flexibility index (Phi) is 6.49. The minimum Gasteiger partial charge on any atom is -0.497 e. The monoisotopic (exact) mass is 390 g/mol. The molecule has 1 N–H and O–H groups in total. The van der Waals surface area contributed by atoms with Crippen LogP contribution < -0.4 is 14.4 Å². The van der Waals surface area contributed by atoms with Crippen molar-refractivity contribution < 1.29 is 17.9 Å². The molecule has 2 aromatic carbocycles. The van der Waals surface area contributed by atoms with Gasteiger partial charge in [-0.25, -0.2) is 8.42 Å². The topological polar surface area (TPSA) is 75.7 Å². The lowest BCUT2D eigenvalue weighted by atomic mass is 10.1. The lowest BCUT2D eigenvalue weighted by Gasteiger charge is -2.30. The third kappa shape index (κ3) is 5.23. The number of aryl methyl sites for hydroxylation is 2. The van der Waals surface area contributed by atoms with Gasteiger partial charge < -0.3 is 10.1 Å². The molecule has 1 unspecified atom stereocenters. The Bertz CT molecular complexity index is 905. The number of ether oxygens (including phenoxy) is 1. The Labute approximate surface area is 161 Å². The van der Waals surface area contributed by atoms with Gasteiger partial charge in [-0.15, -0.1) is 0 Å². The van der Waals surface area contributed by atoms with Crippen LogP contribution in [0.2, 0.25) is 0 Å². The Balaban J connectivity index is 2.41. The molecule has 0 fully saturated rings. The van der Waals surface area contributed by atoms with Gasteiger partial charge in [0.1, 0.15) is 11.8 Å². The highest BCUT2D eigenvalue weighted by atomic mass is 32.2. The number of carbonyl (C=O) groups excluding carboxylic acids is 1. The Hall–Kier alpha value is -2.54. The van der Waals surface area contributed by atoms with E-state index in [4.69, 9.17) is 4.74 Å². The molecule has 27 heavy (non-hydrogen) atoms. The number of nitrogens with zero attached hydrogens (tertiary/aromatic N) is 1. The smallest absolute Gasteiger partial charge is 0.248 e. The summed E-state index contributed by atoms with van der Waals surface area (Å²) >= 11 is 0. The predicted molar refractivity (Wildman–Crippen MR) is 109 cm³/mol. The molecule has 1 amide bonds. The number of hydrogen-bond acceptors (Lipinski definition) is 4. The van der Waals surface area contributed by atoms with Crippen LogP contribution in [-0.2, 0) is 14.8 Å². The number of nitrogens with one attached hydrogen (secondary N) is 1. The van der Waals surface area contributed by atoms with E-state index >= 15 is 0 Å². The first-order valence-corrected chi connectivity index (χ1v) is 10.5. The number of carbonyl (C=O) groups is 1. The third-order valence-electron chi connectivity index (χ3n) is 4.13. The predicted octanol–water partition coefficient (Wildman–Crippen LogP) is 3.50. The second kappa shape index (κ2) is 8.43. The molecule has 2 rings (SSSR count). The SMILES string of the molecule is CCC(C(=O)Nc1cc(C)cc(C)c1)N(c1cccc(OC)c1)S(C)(=O)=O. The lowest BCUT2D eigenvalue weighted by molar-refractivity contribution is -0.117. The molecular formula is C20H26N2O4S. The number of methoxy groups -OCH3 is 1. The molecule has 0 saturated carbocycles. The van der Waals surface area contributed by atoms with E-state index in [1.54, 1.807) is 31.2 Å². The number of anilines is 2. The largest absolute Gasteiger partial charge is 0.497 e. The maximum absolute atomic E-state index is 12.9. The number of benzene rings is 2.